The molecule has 0 radical (unpaired) electrons. The molecule has 10 heteroatoms. The number of nitrogens with one attached hydrogen (secondary N) is 3. The Morgan fingerprint density at radius 3 is 2.79 bits per heavy atom. The Morgan fingerprint density at radius 1 is 1.26 bits per heavy atom. The molecule has 1 aliphatic rings. The van der Waals surface area contributed by atoms with Crippen LogP contribution < -0.4 is 16.2 Å². The zero-order valence-corrected chi connectivity index (χ0v) is 20.4. The first kappa shape index (κ1) is 24.4. The number of ether oxygens (including phenoxy) is 1. The van der Waals surface area contributed by atoms with Crippen LogP contribution in [0.15, 0.2) is 34.4 Å². The summed E-state index contributed by atoms with van der Waals surface area (Å²) < 4.78 is 5.92. The summed E-state index contributed by atoms with van der Waals surface area (Å²) in [4.78, 5) is 43.9. The maximum atomic E-state index is 12.7. The third-order valence-corrected chi connectivity index (χ3v) is 7.10. The van der Waals surface area contributed by atoms with Crippen molar-refractivity contribution in [3.63, 3.8) is 0 Å². The van der Waals surface area contributed by atoms with Gasteiger partial charge in [0, 0.05) is 36.7 Å². The minimum atomic E-state index is -0.458. The highest BCUT2D eigenvalue weighted by Crippen LogP contribution is 2.26. The molecule has 4 rings (SSSR count). The predicted octanol–water partition coefficient (Wildman–Crippen LogP) is 3.78. The van der Waals surface area contributed by atoms with Crippen molar-refractivity contribution in [2.75, 3.05) is 6.61 Å². The average Bonchev–Trinajstić information content (AvgIpc) is 3.22. The summed E-state index contributed by atoms with van der Waals surface area (Å²) in [6.45, 7) is 2.75. The lowest BCUT2D eigenvalue weighted by atomic mass is 9.86. The van der Waals surface area contributed by atoms with Crippen LogP contribution in [0.5, 0.6) is 0 Å². The molecule has 2 aromatic heterocycles. The van der Waals surface area contributed by atoms with E-state index in [-0.39, 0.29) is 29.9 Å². The minimum absolute atomic E-state index is 0.0182. The van der Waals surface area contributed by atoms with E-state index in [1.165, 1.54) is 11.3 Å². The third-order valence-electron chi connectivity index (χ3n) is 5.94. The highest BCUT2D eigenvalue weighted by atomic mass is 35.5. The number of rotatable bonds is 8. The van der Waals surface area contributed by atoms with Gasteiger partial charge in [-0.3, -0.25) is 14.4 Å². The van der Waals surface area contributed by atoms with E-state index in [9.17, 15) is 14.4 Å². The molecule has 1 aliphatic carbocycles. The van der Waals surface area contributed by atoms with Crippen LogP contribution in [0.2, 0.25) is 5.02 Å². The van der Waals surface area contributed by atoms with Gasteiger partial charge >= 0.3 is 0 Å². The fraction of sp³-hybridized carbons (Fsp3) is 0.417. The van der Waals surface area contributed by atoms with Crippen LogP contribution in [0.4, 0.5) is 0 Å². The van der Waals surface area contributed by atoms with E-state index in [0.717, 1.165) is 36.8 Å². The number of nitrogens with zero attached hydrogens (tertiary/aromatic N) is 1. The standard InChI is InChI=1S/C24H27ClN4O4S/c1-14(30)27-19-7-5-15(6-8-19)11-33-12-17-13-34-24-20(17)22(31)28-21(29-24)23(32)26-10-16-3-2-4-18(25)9-16/h2-4,9,13,15,19H,5-8,10-12H2,1H3,(H,26,32)(H,27,30)(H,28,29,31). The molecule has 1 fully saturated rings. The fourth-order valence-electron chi connectivity index (χ4n) is 4.23. The van der Waals surface area contributed by atoms with E-state index in [0.29, 0.717) is 34.4 Å². The van der Waals surface area contributed by atoms with E-state index < -0.39 is 5.91 Å². The van der Waals surface area contributed by atoms with Crippen molar-refractivity contribution in [1.82, 2.24) is 20.6 Å². The molecule has 8 nitrogen and oxygen atoms in total. The van der Waals surface area contributed by atoms with Gasteiger partial charge in [-0.2, -0.15) is 0 Å². The number of aromatic nitrogens is 2. The van der Waals surface area contributed by atoms with Crippen molar-refractivity contribution in [3.05, 3.63) is 62.0 Å². The Bertz CT molecular complexity index is 1230. The zero-order valence-electron chi connectivity index (χ0n) is 18.9. The SMILES string of the molecule is CC(=O)NC1CCC(COCc2csc3nc(C(=O)NCc4cccc(Cl)c4)[nH]c(=O)c23)CC1. The highest BCUT2D eigenvalue weighted by molar-refractivity contribution is 7.16. The highest BCUT2D eigenvalue weighted by Gasteiger charge is 2.22. The molecule has 0 spiro atoms. The molecule has 3 N–H and O–H groups in total. The molecular weight excluding hydrogens is 476 g/mol. The van der Waals surface area contributed by atoms with E-state index in [1.807, 2.05) is 17.5 Å². The monoisotopic (exact) mass is 502 g/mol. The van der Waals surface area contributed by atoms with Crippen LogP contribution in [0.25, 0.3) is 10.2 Å². The molecule has 180 valence electrons. The van der Waals surface area contributed by atoms with Crippen LogP contribution in [-0.4, -0.2) is 34.4 Å². The smallest absolute Gasteiger partial charge is 0.287 e. The lowest BCUT2D eigenvalue weighted by Crippen LogP contribution is -2.36. The van der Waals surface area contributed by atoms with Gasteiger partial charge in [0.25, 0.3) is 11.5 Å². The van der Waals surface area contributed by atoms with Crippen molar-refractivity contribution in [2.24, 2.45) is 5.92 Å². The van der Waals surface area contributed by atoms with Crippen LogP contribution in [0, 0.1) is 5.92 Å². The van der Waals surface area contributed by atoms with Crippen LogP contribution >= 0.6 is 22.9 Å². The van der Waals surface area contributed by atoms with Gasteiger partial charge in [0.05, 0.1) is 12.0 Å². The molecule has 1 saturated carbocycles. The number of aromatic amines is 1. The number of H-pyrrole nitrogens is 1. The normalized spacial score (nSPS) is 18.1. The Balaban J connectivity index is 1.32. The quantitative estimate of drug-likeness (QED) is 0.434. The third kappa shape index (κ3) is 6.22. The summed E-state index contributed by atoms with van der Waals surface area (Å²) in [5, 5.41) is 8.64. The van der Waals surface area contributed by atoms with E-state index in [2.05, 4.69) is 20.6 Å². The molecule has 0 saturated heterocycles. The first-order valence-electron chi connectivity index (χ1n) is 11.3. The average molecular weight is 503 g/mol. The number of fused-ring (bicyclic) bond motifs is 1. The molecule has 2 heterocycles. The number of amides is 2. The summed E-state index contributed by atoms with van der Waals surface area (Å²) in [6, 6.07) is 7.45. The van der Waals surface area contributed by atoms with Gasteiger partial charge in [0.2, 0.25) is 11.7 Å². The van der Waals surface area contributed by atoms with Gasteiger partial charge in [-0.25, -0.2) is 4.98 Å². The van der Waals surface area contributed by atoms with E-state index in [1.54, 1.807) is 19.1 Å². The van der Waals surface area contributed by atoms with Crippen LogP contribution in [0.3, 0.4) is 0 Å². The van der Waals surface area contributed by atoms with E-state index in [4.69, 9.17) is 16.3 Å². The Kier molecular flexibility index (Phi) is 7.97. The van der Waals surface area contributed by atoms with Crippen molar-refractivity contribution in [3.8, 4) is 0 Å². The molecule has 0 atom stereocenters. The lowest BCUT2D eigenvalue weighted by Gasteiger charge is -2.28. The summed E-state index contributed by atoms with van der Waals surface area (Å²) in [7, 11) is 0. The van der Waals surface area contributed by atoms with Gasteiger partial charge in [0.15, 0.2) is 0 Å². The number of benzene rings is 1. The van der Waals surface area contributed by atoms with Crippen molar-refractivity contribution >= 4 is 45.0 Å². The number of carbonyl (C=O) groups excluding carboxylic acids is 2. The second kappa shape index (κ2) is 11.1. The molecule has 1 aromatic carbocycles. The predicted molar refractivity (Wildman–Crippen MR) is 132 cm³/mol. The Morgan fingerprint density at radius 2 is 2.06 bits per heavy atom. The van der Waals surface area contributed by atoms with Crippen molar-refractivity contribution in [1.29, 1.82) is 0 Å². The topological polar surface area (TPSA) is 113 Å². The summed E-state index contributed by atoms with van der Waals surface area (Å²) in [5.41, 5.74) is 1.27. The molecule has 3 aromatic rings. The summed E-state index contributed by atoms with van der Waals surface area (Å²) >= 11 is 7.29. The molecule has 0 unspecified atom stereocenters. The largest absolute Gasteiger partial charge is 0.376 e. The lowest BCUT2D eigenvalue weighted by molar-refractivity contribution is -0.119. The number of hydrogen-bond donors (Lipinski definition) is 3. The second-order valence-electron chi connectivity index (χ2n) is 8.60. The minimum Gasteiger partial charge on any atom is -0.376 e. The van der Waals surface area contributed by atoms with Crippen molar-refractivity contribution in [2.45, 2.75) is 51.8 Å². The van der Waals surface area contributed by atoms with Gasteiger partial charge in [0.1, 0.15) is 4.83 Å². The molecular formula is C24H27ClN4O4S. The maximum absolute atomic E-state index is 12.7. The zero-order chi connectivity index (χ0) is 24.1. The molecule has 0 aliphatic heterocycles. The van der Waals surface area contributed by atoms with Gasteiger partial charge in [-0.15, -0.1) is 11.3 Å². The Labute approximate surface area is 206 Å². The fourth-order valence-corrected chi connectivity index (χ4v) is 5.37. The molecule has 34 heavy (non-hydrogen) atoms. The maximum Gasteiger partial charge on any atom is 0.287 e. The van der Waals surface area contributed by atoms with Crippen molar-refractivity contribution < 1.29 is 14.3 Å². The summed E-state index contributed by atoms with van der Waals surface area (Å²) in [6.07, 6.45) is 3.93. The summed E-state index contributed by atoms with van der Waals surface area (Å²) in [5.74, 6) is -0.0180. The number of thiophene rings is 1. The number of hydrogen-bond acceptors (Lipinski definition) is 6. The molecule has 2 amide bonds. The molecule has 0 bridgehead atoms. The Hall–Kier alpha value is -2.75. The van der Waals surface area contributed by atoms with Crippen LogP contribution in [-0.2, 0) is 22.7 Å². The second-order valence-corrected chi connectivity index (χ2v) is 9.90. The van der Waals surface area contributed by atoms with Gasteiger partial charge in [-0.05, 0) is 54.7 Å². The van der Waals surface area contributed by atoms with Gasteiger partial charge < -0.3 is 20.4 Å². The van der Waals surface area contributed by atoms with E-state index >= 15 is 0 Å². The number of halogens is 1. The first-order valence-corrected chi connectivity index (χ1v) is 12.5. The van der Waals surface area contributed by atoms with Gasteiger partial charge in [-0.1, -0.05) is 23.7 Å². The first-order chi connectivity index (χ1) is 16.4. The number of carbonyl (C=O) groups is 2. The van der Waals surface area contributed by atoms with Crippen LogP contribution in [0.1, 0.15) is 54.4 Å².